The van der Waals surface area contributed by atoms with Crippen LogP contribution in [0.4, 0.5) is 0 Å². The van der Waals surface area contributed by atoms with Crippen LogP contribution in [0.3, 0.4) is 0 Å². The maximum Gasteiger partial charge on any atom is 0.334 e. The summed E-state index contributed by atoms with van der Waals surface area (Å²) in [5.74, 6) is 0.160. The van der Waals surface area contributed by atoms with Crippen LogP contribution in [0.2, 0.25) is 12.6 Å². The minimum atomic E-state index is -1.93. The first-order valence-corrected chi connectivity index (χ1v) is 7.76. The monoisotopic (exact) mass is 230 g/mol. The van der Waals surface area contributed by atoms with E-state index in [-0.39, 0.29) is 5.78 Å². The van der Waals surface area contributed by atoms with Crippen molar-refractivity contribution in [3.63, 3.8) is 0 Å². The zero-order valence-corrected chi connectivity index (χ0v) is 11.3. The van der Waals surface area contributed by atoms with Gasteiger partial charge in [0.2, 0.25) is 0 Å². The summed E-state index contributed by atoms with van der Waals surface area (Å²) >= 11 is 0. The van der Waals surface area contributed by atoms with E-state index in [9.17, 15) is 4.79 Å². The van der Waals surface area contributed by atoms with Crippen molar-refractivity contribution >= 4 is 14.3 Å². The predicted octanol–water partition coefficient (Wildman–Crippen LogP) is 2.67. The molecule has 3 nitrogen and oxygen atoms in total. The third-order valence-corrected chi connectivity index (χ3v) is 5.61. The topological polar surface area (TPSA) is 35.5 Å². The summed E-state index contributed by atoms with van der Waals surface area (Å²) in [6.07, 6.45) is 2.46. The predicted molar refractivity (Wildman–Crippen MR) is 64.1 cm³/mol. The fourth-order valence-corrected chi connectivity index (χ4v) is 2.70. The van der Waals surface area contributed by atoms with Gasteiger partial charge in [0.05, 0.1) is 0 Å². The second kappa shape index (κ2) is 6.93. The highest BCUT2D eigenvalue weighted by Crippen LogP contribution is 2.16. The molecule has 0 fully saturated rings. The highest BCUT2D eigenvalue weighted by Gasteiger charge is 2.27. The van der Waals surface area contributed by atoms with Crippen LogP contribution < -0.4 is 0 Å². The van der Waals surface area contributed by atoms with E-state index in [0.717, 1.165) is 18.9 Å². The van der Waals surface area contributed by atoms with Crippen molar-refractivity contribution in [2.45, 2.75) is 38.8 Å². The smallest absolute Gasteiger partial charge is 0.334 e. The van der Waals surface area contributed by atoms with E-state index in [1.807, 2.05) is 6.55 Å². The number of allylic oxidation sites excluding steroid dienone is 1. The minimum absolute atomic E-state index is 0.160. The average Bonchev–Trinajstić information content (AvgIpc) is 2.23. The molecule has 0 saturated carbocycles. The summed E-state index contributed by atoms with van der Waals surface area (Å²) < 4.78 is 10.7. The molecule has 0 aliphatic rings. The summed E-state index contributed by atoms with van der Waals surface area (Å²) in [7, 11) is 1.45. The highest BCUT2D eigenvalue weighted by molar-refractivity contribution is 6.65. The van der Waals surface area contributed by atoms with Crippen molar-refractivity contribution in [3.8, 4) is 0 Å². The molecule has 0 radical (unpaired) electrons. The van der Waals surface area contributed by atoms with Gasteiger partial charge < -0.3 is 8.85 Å². The van der Waals surface area contributed by atoms with Crippen LogP contribution in [0.5, 0.6) is 0 Å². The van der Waals surface area contributed by atoms with Crippen LogP contribution in [0.15, 0.2) is 12.2 Å². The molecule has 0 rings (SSSR count). The molecule has 4 heteroatoms. The number of hydrogen-bond acceptors (Lipinski definition) is 3. The number of carbonyl (C=O) groups is 1. The molecule has 0 aliphatic carbocycles. The van der Waals surface area contributed by atoms with Crippen LogP contribution in [-0.2, 0) is 13.6 Å². The Morgan fingerprint density at radius 3 is 2.20 bits per heavy atom. The second-order valence-electron chi connectivity index (χ2n) is 3.95. The molecule has 0 N–H and O–H groups in total. The first-order chi connectivity index (χ1) is 6.95. The van der Waals surface area contributed by atoms with Gasteiger partial charge >= 0.3 is 8.56 Å². The van der Waals surface area contributed by atoms with E-state index in [0.29, 0.717) is 12.0 Å². The van der Waals surface area contributed by atoms with Crippen LogP contribution >= 0.6 is 0 Å². The Bertz CT molecular complexity index is 222. The lowest BCUT2D eigenvalue weighted by Gasteiger charge is -2.22. The van der Waals surface area contributed by atoms with Gasteiger partial charge in [0.1, 0.15) is 0 Å². The van der Waals surface area contributed by atoms with Crippen molar-refractivity contribution in [1.82, 2.24) is 0 Å². The molecule has 0 atom stereocenters. The molecule has 0 aromatic heterocycles. The SMILES string of the molecule is C=C(C)C(=O)CCCC[Si](C)(OC)OC. The Morgan fingerprint density at radius 2 is 1.80 bits per heavy atom. The zero-order chi connectivity index (χ0) is 11.9. The van der Waals surface area contributed by atoms with Crippen molar-refractivity contribution < 1.29 is 13.6 Å². The molecule has 0 bridgehead atoms. The quantitative estimate of drug-likeness (QED) is 0.365. The third-order valence-electron chi connectivity index (χ3n) is 2.62. The van der Waals surface area contributed by atoms with E-state index in [2.05, 4.69) is 6.58 Å². The Hall–Kier alpha value is -0.453. The molecule has 15 heavy (non-hydrogen) atoms. The number of hydrogen-bond donors (Lipinski definition) is 0. The van der Waals surface area contributed by atoms with Gasteiger partial charge in [0.15, 0.2) is 5.78 Å². The highest BCUT2D eigenvalue weighted by atomic mass is 28.4. The Kier molecular flexibility index (Phi) is 6.72. The van der Waals surface area contributed by atoms with Crippen LogP contribution in [0, 0.1) is 0 Å². The minimum Gasteiger partial charge on any atom is -0.398 e. The fourth-order valence-electron chi connectivity index (χ4n) is 1.23. The Balaban J connectivity index is 3.71. The second-order valence-corrected chi connectivity index (χ2v) is 7.54. The van der Waals surface area contributed by atoms with Crippen molar-refractivity contribution in [1.29, 1.82) is 0 Å². The molecule has 88 valence electrons. The van der Waals surface area contributed by atoms with E-state index in [1.165, 1.54) is 0 Å². The lowest BCUT2D eigenvalue weighted by molar-refractivity contribution is -0.115. The molecule has 0 aromatic carbocycles. The molecular weight excluding hydrogens is 208 g/mol. The van der Waals surface area contributed by atoms with Crippen LogP contribution in [0.25, 0.3) is 0 Å². The molecule has 0 aromatic rings. The zero-order valence-electron chi connectivity index (χ0n) is 10.3. The van der Waals surface area contributed by atoms with Crippen LogP contribution in [0.1, 0.15) is 26.2 Å². The van der Waals surface area contributed by atoms with E-state index < -0.39 is 8.56 Å². The van der Waals surface area contributed by atoms with Gasteiger partial charge in [-0.25, -0.2) is 0 Å². The van der Waals surface area contributed by atoms with Gasteiger partial charge in [-0.05, 0) is 31.5 Å². The van der Waals surface area contributed by atoms with E-state index in [1.54, 1.807) is 21.1 Å². The number of Topliss-reactive ketones (excluding diaryl/α,β-unsaturated/α-hetero) is 1. The Labute approximate surface area is 93.7 Å². The normalized spacial score (nSPS) is 11.5. The number of rotatable bonds is 8. The average molecular weight is 230 g/mol. The largest absolute Gasteiger partial charge is 0.398 e. The molecule has 0 saturated heterocycles. The summed E-state index contributed by atoms with van der Waals surface area (Å²) in [4.78, 5) is 11.3. The first-order valence-electron chi connectivity index (χ1n) is 5.24. The number of ketones is 1. The molecule has 0 heterocycles. The van der Waals surface area contributed by atoms with Crippen LogP contribution in [-0.4, -0.2) is 28.6 Å². The van der Waals surface area contributed by atoms with Gasteiger partial charge in [-0.15, -0.1) is 0 Å². The lowest BCUT2D eigenvalue weighted by atomic mass is 10.1. The summed E-state index contributed by atoms with van der Waals surface area (Å²) in [6.45, 7) is 7.42. The van der Waals surface area contributed by atoms with Gasteiger partial charge in [-0.1, -0.05) is 13.0 Å². The first kappa shape index (κ1) is 14.5. The van der Waals surface area contributed by atoms with E-state index >= 15 is 0 Å². The number of carbonyl (C=O) groups excluding carboxylic acids is 1. The standard InChI is InChI=1S/C11H22O3Si/c1-10(2)11(12)8-6-7-9-15(5,13-3)14-4/h1,6-9H2,2-5H3. The van der Waals surface area contributed by atoms with Gasteiger partial charge in [0.25, 0.3) is 0 Å². The van der Waals surface area contributed by atoms with Crippen molar-refractivity contribution in [2.24, 2.45) is 0 Å². The van der Waals surface area contributed by atoms with Crippen molar-refractivity contribution in [2.75, 3.05) is 14.2 Å². The maximum atomic E-state index is 11.3. The molecule has 0 aliphatic heterocycles. The third kappa shape index (κ3) is 5.87. The van der Waals surface area contributed by atoms with Crippen molar-refractivity contribution in [3.05, 3.63) is 12.2 Å². The molecule has 0 amide bonds. The summed E-state index contributed by atoms with van der Waals surface area (Å²) in [5.41, 5.74) is 0.647. The molecule has 0 spiro atoms. The summed E-state index contributed by atoms with van der Waals surface area (Å²) in [6, 6.07) is 0.934. The summed E-state index contributed by atoms with van der Waals surface area (Å²) in [5, 5.41) is 0. The van der Waals surface area contributed by atoms with Gasteiger partial charge in [-0.3, -0.25) is 4.79 Å². The maximum absolute atomic E-state index is 11.3. The molecule has 0 unspecified atom stereocenters. The van der Waals surface area contributed by atoms with Gasteiger partial charge in [0, 0.05) is 20.6 Å². The fraction of sp³-hybridized carbons (Fsp3) is 0.727. The molecular formula is C11H22O3Si. The number of unbranched alkanes of at least 4 members (excludes halogenated alkanes) is 1. The van der Waals surface area contributed by atoms with E-state index in [4.69, 9.17) is 8.85 Å². The van der Waals surface area contributed by atoms with Gasteiger partial charge in [-0.2, -0.15) is 0 Å². The Morgan fingerprint density at radius 1 is 1.27 bits per heavy atom. The lowest BCUT2D eigenvalue weighted by Crippen LogP contribution is -2.35.